The number of nitrogens with one attached hydrogen (secondary N) is 2. The smallest absolute Gasteiger partial charge is 0.315 e. The first-order valence-electron chi connectivity index (χ1n) is 8.33. The maximum atomic E-state index is 12.4. The predicted molar refractivity (Wildman–Crippen MR) is 95.7 cm³/mol. The lowest BCUT2D eigenvalue weighted by Crippen LogP contribution is -2.46. The average Bonchev–Trinajstić information content (AvgIpc) is 3.07. The highest BCUT2D eigenvalue weighted by molar-refractivity contribution is 5.93. The summed E-state index contributed by atoms with van der Waals surface area (Å²) >= 11 is 0. The van der Waals surface area contributed by atoms with Crippen LogP contribution in [0.15, 0.2) is 36.4 Å². The maximum absolute atomic E-state index is 12.4. The molecule has 0 spiro atoms. The summed E-state index contributed by atoms with van der Waals surface area (Å²) in [6, 6.07) is 10.7. The van der Waals surface area contributed by atoms with E-state index in [1.54, 1.807) is 37.3 Å². The van der Waals surface area contributed by atoms with Gasteiger partial charge in [0.25, 0.3) is 5.91 Å². The van der Waals surface area contributed by atoms with Gasteiger partial charge in [0.05, 0.1) is 0 Å². The van der Waals surface area contributed by atoms with Gasteiger partial charge in [0.15, 0.2) is 0 Å². The van der Waals surface area contributed by atoms with E-state index in [4.69, 9.17) is 0 Å². The largest absolute Gasteiger partial charge is 0.481 e. The molecule has 134 valence electrons. The minimum absolute atomic E-state index is 0.000604. The van der Waals surface area contributed by atoms with E-state index in [1.807, 2.05) is 26.8 Å². The summed E-state index contributed by atoms with van der Waals surface area (Å²) in [5.74, 6) is -1.35. The molecule has 1 aromatic carbocycles. The molecule has 2 rings (SSSR count). The van der Waals surface area contributed by atoms with Gasteiger partial charge in [0.1, 0.15) is 11.1 Å². The van der Waals surface area contributed by atoms with E-state index in [0.717, 1.165) is 5.69 Å². The highest BCUT2D eigenvalue weighted by Gasteiger charge is 2.39. The number of rotatable bonds is 6. The second kappa shape index (κ2) is 7.09. The van der Waals surface area contributed by atoms with Crippen molar-refractivity contribution in [3.05, 3.63) is 53.3 Å². The topological polar surface area (TPSA) is 95.1 Å². The van der Waals surface area contributed by atoms with Gasteiger partial charge in [-0.15, -0.1) is 0 Å². The highest BCUT2D eigenvalue weighted by Crippen LogP contribution is 2.28. The first kappa shape index (κ1) is 18.7. The van der Waals surface area contributed by atoms with Gasteiger partial charge < -0.3 is 10.4 Å². The van der Waals surface area contributed by atoms with Gasteiger partial charge in [0, 0.05) is 17.7 Å². The van der Waals surface area contributed by atoms with Crippen molar-refractivity contribution in [3.8, 4) is 0 Å². The van der Waals surface area contributed by atoms with E-state index >= 15 is 0 Å². The first-order valence-corrected chi connectivity index (χ1v) is 8.33. The Labute approximate surface area is 147 Å². The van der Waals surface area contributed by atoms with Gasteiger partial charge in [-0.25, -0.2) is 0 Å². The molecule has 0 bridgehead atoms. The van der Waals surface area contributed by atoms with E-state index in [0.29, 0.717) is 12.0 Å². The molecule has 0 saturated carbocycles. The van der Waals surface area contributed by atoms with Crippen molar-refractivity contribution < 1.29 is 14.7 Å². The molecule has 2 aromatic rings. The quantitative estimate of drug-likeness (QED) is 0.751. The standard InChI is InChI=1S/C19H25N3O3/c1-5-19(17(24)25,13-9-7-6-8-10-13)12-20-16(23)14-11-15(22-21-14)18(2,3)4/h6-11H,5,12H2,1-4H3,(H,20,23)(H,21,22)(H,24,25). The molecule has 0 aliphatic rings. The first-order chi connectivity index (χ1) is 11.7. The number of aromatic nitrogens is 2. The van der Waals surface area contributed by atoms with Crippen LogP contribution in [0.3, 0.4) is 0 Å². The molecule has 0 aliphatic carbocycles. The van der Waals surface area contributed by atoms with Crippen LogP contribution in [0.2, 0.25) is 0 Å². The van der Waals surface area contributed by atoms with Crippen molar-refractivity contribution in [2.75, 3.05) is 6.54 Å². The predicted octanol–water partition coefficient (Wildman–Crippen LogP) is 2.87. The van der Waals surface area contributed by atoms with Crippen LogP contribution in [0.5, 0.6) is 0 Å². The van der Waals surface area contributed by atoms with Gasteiger partial charge in [-0.05, 0) is 18.1 Å². The normalized spacial score (nSPS) is 13.9. The van der Waals surface area contributed by atoms with Crippen LogP contribution in [0, 0.1) is 0 Å². The molecule has 1 amide bonds. The van der Waals surface area contributed by atoms with E-state index in [2.05, 4.69) is 15.5 Å². The second-order valence-corrected chi connectivity index (χ2v) is 7.21. The van der Waals surface area contributed by atoms with Crippen LogP contribution in [-0.4, -0.2) is 33.7 Å². The Balaban J connectivity index is 2.20. The zero-order valence-corrected chi connectivity index (χ0v) is 15.1. The van der Waals surface area contributed by atoms with Crippen molar-refractivity contribution in [2.45, 2.75) is 44.9 Å². The number of H-pyrrole nitrogens is 1. The average molecular weight is 343 g/mol. The molecule has 6 heteroatoms. The van der Waals surface area contributed by atoms with Crippen LogP contribution >= 0.6 is 0 Å². The summed E-state index contributed by atoms with van der Waals surface area (Å²) in [7, 11) is 0. The third-order valence-corrected chi connectivity index (χ3v) is 4.51. The molecular formula is C19H25N3O3. The Morgan fingerprint density at radius 2 is 1.84 bits per heavy atom. The summed E-state index contributed by atoms with van der Waals surface area (Å²) in [6.45, 7) is 7.86. The van der Waals surface area contributed by atoms with Crippen LogP contribution in [0.4, 0.5) is 0 Å². The number of carboxylic acids is 1. The van der Waals surface area contributed by atoms with Crippen LogP contribution < -0.4 is 5.32 Å². The third kappa shape index (κ3) is 3.90. The Bertz CT molecular complexity index is 747. The fraction of sp³-hybridized carbons (Fsp3) is 0.421. The fourth-order valence-corrected chi connectivity index (χ4v) is 2.68. The third-order valence-electron chi connectivity index (χ3n) is 4.51. The van der Waals surface area contributed by atoms with Crippen molar-refractivity contribution in [1.29, 1.82) is 0 Å². The molecule has 0 fully saturated rings. The monoisotopic (exact) mass is 343 g/mol. The minimum atomic E-state index is -1.17. The van der Waals surface area contributed by atoms with E-state index in [1.165, 1.54) is 0 Å². The Morgan fingerprint density at radius 3 is 2.32 bits per heavy atom. The van der Waals surface area contributed by atoms with E-state index in [9.17, 15) is 14.7 Å². The summed E-state index contributed by atoms with van der Waals surface area (Å²) < 4.78 is 0. The van der Waals surface area contributed by atoms with Crippen molar-refractivity contribution in [3.63, 3.8) is 0 Å². The molecule has 1 atom stereocenters. The number of aromatic amines is 1. The number of benzene rings is 1. The van der Waals surface area contributed by atoms with Gasteiger partial charge in [-0.3, -0.25) is 14.7 Å². The Hall–Kier alpha value is -2.63. The SMILES string of the molecule is CCC(CNC(=O)c1cc(C(C)(C)C)[nH]n1)(C(=O)O)c1ccccc1. The van der Waals surface area contributed by atoms with Gasteiger partial charge in [-0.1, -0.05) is 58.0 Å². The van der Waals surface area contributed by atoms with E-state index < -0.39 is 11.4 Å². The fourth-order valence-electron chi connectivity index (χ4n) is 2.68. The number of hydrogen-bond acceptors (Lipinski definition) is 3. The second-order valence-electron chi connectivity index (χ2n) is 7.21. The Morgan fingerprint density at radius 1 is 1.20 bits per heavy atom. The number of nitrogens with zero attached hydrogens (tertiary/aromatic N) is 1. The summed E-state index contributed by atoms with van der Waals surface area (Å²) in [6.07, 6.45) is 0.362. The highest BCUT2D eigenvalue weighted by atomic mass is 16.4. The molecule has 3 N–H and O–H groups in total. The molecule has 0 aliphatic heterocycles. The van der Waals surface area contributed by atoms with Crippen LogP contribution in [0.1, 0.15) is 55.9 Å². The lowest BCUT2D eigenvalue weighted by Gasteiger charge is -2.28. The number of amides is 1. The van der Waals surface area contributed by atoms with Crippen LogP contribution in [0.25, 0.3) is 0 Å². The minimum Gasteiger partial charge on any atom is -0.481 e. The number of hydrogen-bond donors (Lipinski definition) is 3. The van der Waals surface area contributed by atoms with Gasteiger partial charge in [0.2, 0.25) is 0 Å². The molecule has 25 heavy (non-hydrogen) atoms. The molecule has 1 unspecified atom stereocenters. The molecule has 0 radical (unpaired) electrons. The number of aliphatic carboxylic acids is 1. The molecule has 1 aromatic heterocycles. The number of carbonyl (C=O) groups is 2. The van der Waals surface area contributed by atoms with Crippen molar-refractivity contribution in [1.82, 2.24) is 15.5 Å². The number of carbonyl (C=O) groups excluding carboxylic acids is 1. The molecule has 0 saturated heterocycles. The molecular weight excluding hydrogens is 318 g/mol. The maximum Gasteiger partial charge on any atom is 0.315 e. The molecule has 1 heterocycles. The van der Waals surface area contributed by atoms with Gasteiger partial charge in [-0.2, -0.15) is 5.10 Å². The lowest BCUT2D eigenvalue weighted by atomic mass is 9.78. The van der Waals surface area contributed by atoms with Gasteiger partial charge >= 0.3 is 5.97 Å². The zero-order valence-electron chi connectivity index (χ0n) is 15.1. The summed E-state index contributed by atoms with van der Waals surface area (Å²) in [4.78, 5) is 24.4. The number of carboxylic acid groups (broad SMARTS) is 1. The van der Waals surface area contributed by atoms with E-state index in [-0.39, 0.29) is 23.6 Å². The Kier molecular flexibility index (Phi) is 5.30. The summed E-state index contributed by atoms with van der Waals surface area (Å²) in [5, 5.41) is 19.4. The lowest BCUT2D eigenvalue weighted by molar-refractivity contribution is -0.143. The molecule has 6 nitrogen and oxygen atoms in total. The van der Waals surface area contributed by atoms with Crippen molar-refractivity contribution in [2.24, 2.45) is 0 Å². The zero-order chi connectivity index (χ0) is 18.7. The van der Waals surface area contributed by atoms with Crippen molar-refractivity contribution >= 4 is 11.9 Å². The summed E-state index contributed by atoms with van der Waals surface area (Å²) in [5.41, 5.74) is 0.459. The van der Waals surface area contributed by atoms with Crippen LogP contribution in [-0.2, 0) is 15.6 Å².